The highest BCUT2D eigenvalue weighted by molar-refractivity contribution is 9.10. The second-order valence-electron chi connectivity index (χ2n) is 5.56. The first-order valence-corrected chi connectivity index (χ1v) is 7.43. The van der Waals surface area contributed by atoms with Gasteiger partial charge in [-0.25, -0.2) is 4.68 Å². The van der Waals surface area contributed by atoms with Crippen LogP contribution in [0.25, 0.3) is 0 Å². The van der Waals surface area contributed by atoms with Crippen molar-refractivity contribution in [2.24, 2.45) is 5.92 Å². The molecule has 0 radical (unpaired) electrons. The summed E-state index contributed by atoms with van der Waals surface area (Å²) in [6.07, 6.45) is 3.55. The number of nitriles is 1. The topological polar surface area (TPSA) is 54.5 Å². The minimum atomic E-state index is 0.00262. The summed E-state index contributed by atoms with van der Waals surface area (Å²) in [5, 5.41) is 17.2. The van der Waals surface area contributed by atoms with Gasteiger partial charge in [-0.3, -0.25) is 0 Å². The van der Waals surface area contributed by atoms with Crippen molar-refractivity contribution >= 4 is 15.9 Å². The second-order valence-corrected chi connectivity index (χ2v) is 6.47. The SMILES string of the molecule is Cc1cnnn1CC1(c2cccc(Br)c2)CC(C#N)C1. The zero-order valence-corrected chi connectivity index (χ0v) is 12.8. The van der Waals surface area contributed by atoms with Gasteiger partial charge in [0, 0.05) is 15.8 Å². The lowest BCUT2D eigenvalue weighted by Crippen LogP contribution is -2.44. The van der Waals surface area contributed by atoms with Crippen LogP contribution in [0.3, 0.4) is 0 Å². The average molecular weight is 331 g/mol. The van der Waals surface area contributed by atoms with E-state index in [9.17, 15) is 0 Å². The Balaban J connectivity index is 1.94. The number of halogens is 1. The molecule has 1 aromatic heterocycles. The van der Waals surface area contributed by atoms with Crippen LogP contribution in [0, 0.1) is 24.2 Å². The summed E-state index contributed by atoms with van der Waals surface area (Å²) in [6, 6.07) is 10.8. The first-order valence-electron chi connectivity index (χ1n) is 6.64. The minimum Gasteiger partial charge on any atom is -0.249 e. The fraction of sp³-hybridized carbons (Fsp3) is 0.400. The molecular weight excluding hydrogens is 316 g/mol. The number of hydrogen-bond acceptors (Lipinski definition) is 3. The van der Waals surface area contributed by atoms with Gasteiger partial charge in [0.05, 0.1) is 24.5 Å². The van der Waals surface area contributed by atoms with E-state index < -0.39 is 0 Å². The normalized spacial score (nSPS) is 24.9. The molecule has 1 aliphatic carbocycles. The lowest BCUT2D eigenvalue weighted by Gasteiger charge is -2.45. The van der Waals surface area contributed by atoms with Crippen molar-refractivity contribution in [2.75, 3.05) is 0 Å². The minimum absolute atomic E-state index is 0.00262. The second kappa shape index (κ2) is 5.02. The van der Waals surface area contributed by atoms with Crippen molar-refractivity contribution in [3.63, 3.8) is 0 Å². The van der Waals surface area contributed by atoms with Crippen LogP contribution in [-0.2, 0) is 12.0 Å². The van der Waals surface area contributed by atoms with Crippen LogP contribution in [0.2, 0.25) is 0 Å². The quantitative estimate of drug-likeness (QED) is 0.868. The van der Waals surface area contributed by atoms with E-state index in [-0.39, 0.29) is 11.3 Å². The maximum absolute atomic E-state index is 9.11. The van der Waals surface area contributed by atoms with E-state index in [1.165, 1.54) is 5.56 Å². The zero-order chi connectivity index (χ0) is 14.2. The molecule has 1 aliphatic rings. The number of aryl methyl sites for hydroxylation is 1. The molecule has 0 aliphatic heterocycles. The van der Waals surface area contributed by atoms with E-state index in [2.05, 4.69) is 50.5 Å². The number of aromatic nitrogens is 3. The van der Waals surface area contributed by atoms with E-state index in [0.717, 1.165) is 29.6 Å². The number of benzene rings is 1. The Morgan fingerprint density at radius 3 is 2.90 bits per heavy atom. The summed E-state index contributed by atoms with van der Waals surface area (Å²) < 4.78 is 3.01. The molecule has 0 bridgehead atoms. The van der Waals surface area contributed by atoms with Gasteiger partial charge in [-0.2, -0.15) is 5.26 Å². The molecule has 0 amide bonds. The van der Waals surface area contributed by atoms with Gasteiger partial charge in [0.15, 0.2) is 0 Å². The van der Waals surface area contributed by atoms with Crippen molar-refractivity contribution in [2.45, 2.75) is 31.7 Å². The molecule has 1 aromatic carbocycles. The van der Waals surface area contributed by atoms with Gasteiger partial charge in [-0.15, -0.1) is 5.10 Å². The summed E-state index contributed by atoms with van der Waals surface area (Å²) in [6.45, 7) is 2.79. The smallest absolute Gasteiger partial charge is 0.0722 e. The van der Waals surface area contributed by atoms with E-state index >= 15 is 0 Å². The molecule has 1 saturated carbocycles. The molecule has 0 saturated heterocycles. The van der Waals surface area contributed by atoms with E-state index in [4.69, 9.17) is 5.26 Å². The summed E-state index contributed by atoms with van der Waals surface area (Å²) in [5.41, 5.74) is 2.33. The predicted molar refractivity (Wildman–Crippen MR) is 78.9 cm³/mol. The Morgan fingerprint density at radius 2 is 2.30 bits per heavy atom. The van der Waals surface area contributed by atoms with Gasteiger partial charge in [0.1, 0.15) is 0 Å². The molecule has 0 atom stereocenters. The van der Waals surface area contributed by atoms with Crippen molar-refractivity contribution < 1.29 is 0 Å². The molecule has 1 fully saturated rings. The molecule has 0 unspecified atom stereocenters. The van der Waals surface area contributed by atoms with Gasteiger partial charge in [0.2, 0.25) is 0 Å². The summed E-state index contributed by atoms with van der Waals surface area (Å²) in [7, 11) is 0. The molecule has 1 heterocycles. The van der Waals surface area contributed by atoms with E-state index in [1.807, 2.05) is 17.7 Å². The van der Waals surface area contributed by atoms with Crippen LogP contribution in [0.15, 0.2) is 34.9 Å². The van der Waals surface area contributed by atoms with Crippen LogP contribution >= 0.6 is 15.9 Å². The Hall–Kier alpha value is -1.67. The average Bonchev–Trinajstić information content (AvgIpc) is 2.78. The third kappa shape index (κ3) is 2.25. The van der Waals surface area contributed by atoms with Gasteiger partial charge in [-0.05, 0) is 37.5 Å². The standard InChI is InChI=1S/C15H15BrN4/c1-11-9-18-19-20(11)10-15(6-12(7-15)8-17)13-3-2-4-14(16)5-13/h2-5,9,12H,6-7,10H2,1H3. The third-order valence-electron chi connectivity index (χ3n) is 4.16. The number of nitrogens with zero attached hydrogens (tertiary/aromatic N) is 4. The molecule has 4 nitrogen and oxygen atoms in total. The molecule has 0 spiro atoms. The zero-order valence-electron chi connectivity index (χ0n) is 11.3. The Labute approximate surface area is 126 Å². The molecule has 102 valence electrons. The lowest BCUT2D eigenvalue weighted by molar-refractivity contribution is 0.150. The monoisotopic (exact) mass is 330 g/mol. The van der Waals surface area contributed by atoms with Crippen LogP contribution in [0.5, 0.6) is 0 Å². The van der Waals surface area contributed by atoms with Crippen LogP contribution in [-0.4, -0.2) is 15.0 Å². The number of hydrogen-bond donors (Lipinski definition) is 0. The van der Waals surface area contributed by atoms with Crippen molar-refractivity contribution in [1.82, 2.24) is 15.0 Å². The highest BCUT2D eigenvalue weighted by Gasteiger charge is 2.46. The van der Waals surface area contributed by atoms with Crippen molar-refractivity contribution in [3.8, 4) is 6.07 Å². The van der Waals surface area contributed by atoms with Gasteiger partial charge >= 0.3 is 0 Å². The maximum atomic E-state index is 9.11. The highest BCUT2D eigenvalue weighted by atomic mass is 79.9. The molecule has 20 heavy (non-hydrogen) atoms. The summed E-state index contributed by atoms with van der Waals surface area (Å²) in [5.74, 6) is 0.151. The molecule has 3 rings (SSSR count). The Morgan fingerprint density at radius 1 is 1.50 bits per heavy atom. The van der Waals surface area contributed by atoms with Crippen LogP contribution < -0.4 is 0 Å². The van der Waals surface area contributed by atoms with Crippen LogP contribution in [0.1, 0.15) is 24.1 Å². The van der Waals surface area contributed by atoms with E-state index in [1.54, 1.807) is 6.20 Å². The third-order valence-corrected chi connectivity index (χ3v) is 4.65. The highest BCUT2D eigenvalue weighted by Crippen LogP contribution is 2.49. The predicted octanol–water partition coefficient (Wildman–Crippen LogP) is 3.22. The van der Waals surface area contributed by atoms with Gasteiger partial charge in [-0.1, -0.05) is 33.3 Å². The maximum Gasteiger partial charge on any atom is 0.0722 e. The largest absolute Gasteiger partial charge is 0.249 e. The Kier molecular flexibility index (Phi) is 3.35. The van der Waals surface area contributed by atoms with E-state index in [0.29, 0.717) is 0 Å². The van der Waals surface area contributed by atoms with Crippen molar-refractivity contribution in [3.05, 3.63) is 46.2 Å². The molecular formula is C15H15BrN4. The Bertz CT molecular complexity index is 665. The molecule has 0 N–H and O–H groups in total. The van der Waals surface area contributed by atoms with Gasteiger partial charge < -0.3 is 0 Å². The first kappa shape index (κ1) is 13.3. The van der Waals surface area contributed by atoms with Crippen molar-refractivity contribution in [1.29, 1.82) is 5.26 Å². The lowest BCUT2D eigenvalue weighted by atomic mass is 9.59. The fourth-order valence-corrected chi connectivity index (χ4v) is 3.40. The summed E-state index contributed by atoms with van der Waals surface area (Å²) >= 11 is 3.53. The molecule has 5 heteroatoms. The molecule has 2 aromatic rings. The van der Waals surface area contributed by atoms with Gasteiger partial charge in [0.25, 0.3) is 0 Å². The fourth-order valence-electron chi connectivity index (χ4n) is 3.00. The first-order chi connectivity index (χ1) is 9.63. The van der Waals surface area contributed by atoms with Crippen LogP contribution in [0.4, 0.5) is 0 Å². The number of rotatable bonds is 3. The summed E-state index contributed by atoms with van der Waals surface area (Å²) in [4.78, 5) is 0.